The van der Waals surface area contributed by atoms with Gasteiger partial charge in [0.1, 0.15) is 17.4 Å². The number of hydrogen-bond acceptors (Lipinski definition) is 3. The molecule has 1 atom stereocenters. The molecule has 0 aliphatic carbocycles. The average molecular weight is 233 g/mol. The fourth-order valence-corrected chi connectivity index (χ4v) is 1.99. The second-order valence-electron chi connectivity index (χ2n) is 3.98. The number of carbonyl (C=O) groups is 1. The Bertz CT molecular complexity index is 495. The molecule has 1 amide bonds. The van der Waals surface area contributed by atoms with Crippen LogP contribution in [0.2, 0.25) is 0 Å². The largest absolute Gasteiger partial charge is 0.320 e. The molecule has 1 aliphatic rings. The number of amides is 1. The van der Waals surface area contributed by atoms with E-state index in [2.05, 4.69) is 0 Å². The standard InChI is InChI=1S/C12H12FN3O/c13-9-3-1-5-11(8(9)7-14)16-6-2-4-10(15)12(16)17/h1,3,5,10H,2,4,6,15H2. The van der Waals surface area contributed by atoms with E-state index in [4.69, 9.17) is 11.0 Å². The quantitative estimate of drug-likeness (QED) is 0.791. The normalized spacial score (nSPS) is 20.2. The van der Waals surface area contributed by atoms with Gasteiger partial charge in [0.05, 0.1) is 11.7 Å². The Morgan fingerprint density at radius 3 is 3.00 bits per heavy atom. The second kappa shape index (κ2) is 4.52. The Labute approximate surface area is 98.4 Å². The number of nitrogens with two attached hydrogens (primary N) is 1. The smallest absolute Gasteiger partial charge is 0.243 e. The molecule has 0 saturated carbocycles. The van der Waals surface area contributed by atoms with Gasteiger partial charge in [-0.15, -0.1) is 0 Å². The highest BCUT2D eigenvalue weighted by molar-refractivity contribution is 5.98. The number of hydrogen-bond donors (Lipinski definition) is 1. The predicted octanol–water partition coefficient (Wildman–Crippen LogP) is 1.15. The third-order valence-corrected chi connectivity index (χ3v) is 2.87. The molecule has 1 fully saturated rings. The lowest BCUT2D eigenvalue weighted by atomic mass is 10.0. The highest BCUT2D eigenvalue weighted by Gasteiger charge is 2.28. The fourth-order valence-electron chi connectivity index (χ4n) is 1.99. The van der Waals surface area contributed by atoms with Crippen molar-refractivity contribution in [3.05, 3.63) is 29.6 Å². The molecule has 1 heterocycles. The van der Waals surface area contributed by atoms with Gasteiger partial charge in [-0.2, -0.15) is 5.26 Å². The summed E-state index contributed by atoms with van der Waals surface area (Å²) in [6.45, 7) is 0.477. The molecule has 1 unspecified atom stereocenters. The first-order valence-corrected chi connectivity index (χ1v) is 5.40. The zero-order valence-corrected chi connectivity index (χ0v) is 9.19. The molecule has 1 aliphatic heterocycles. The lowest BCUT2D eigenvalue weighted by Crippen LogP contribution is -2.48. The molecule has 5 heteroatoms. The van der Waals surface area contributed by atoms with Crippen LogP contribution in [0.4, 0.5) is 10.1 Å². The van der Waals surface area contributed by atoms with Crippen molar-refractivity contribution in [1.82, 2.24) is 0 Å². The Balaban J connectivity index is 2.44. The number of piperidine rings is 1. The number of carbonyl (C=O) groups excluding carboxylic acids is 1. The van der Waals surface area contributed by atoms with Gasteiger partial charge in [0, 0.05) is 6.54 Å². The van der Waals surface area contributed by atoms with E-state index in [1.807, 2.05) is 0 Å². The van der Waals surface area contributed by atoms with Crippen LogP contribution in [0.25, 0.3) is 0 Å². The third kappa shape index (κ3) is 1.99. The van der Waals surface area contributed by atoms with Crippen molar-refractivity contribution >= 4 is 11.6 Å². The van der Waals surface area contributed by atoms with Crippen LogP contribution in [-0.4, -0.2) is 18.5 Å². The van der Waals surface area contributed by atoms with E-state index < -0.39 is 11.9 Å². The van der Waals surface area contributed by atoms with Gasteiger partial charge in [-0.1, -0.05) is 6.07 Å². The van der Waals surface area contributed by atoms with Crippen molar-refractivity contribution in [2.75, 3.05) is 11.4 Å². The van der Waals surface area contributed by atoms with Crippen molar-refractivity contribution in [2.24, 2.45) is 5.73 Å². The van der Waals surface area contributed by atoms with Gasteiger partial charge in [0.15, 0.2) is 0 Å². The van der Waals surface area contributed by atoms with Crippen molar-refractivity contribution in [3.63, 3.8) is 0 Å². The summed E-state index contributed by atoms with van der Waals surface area (Å²) >= 11 is 0. The number of nitrogens with zero attached hydrogens (tertiary/aromatic N) is 2. The Morgan fingerprint density at radius 1 is 1.53 bits per heavy atom. The van der Waals surface area contributed by atoms with Crippen molar-refractivity contribution in [1.29, 1.82) is 5.26 Å². The average Bonchev–Trinajstić information content (AvgIpc) is 2.32. The van der Waals surface area contributed by atoms with Crippen LogP contribution < -0.4 is 10.6 Å². The van der Waals surface area contributed by atoms with Crippen LogP contribution in [0, 0.1) is 17.1 Å². The maximum atomic E-state index is 13.4. The molecule has 1 aromatic rings. The van der Waals surface area contributed by atoms with Crippen molar-refractivity contribution in [3.8, 4) is 6.07 Å². The molecule has 0 aromatic heterocycles. The first kappa shape index (κ1) is 11.6. The van der Waals surface area contributed by atoms with E-state index in [9.17, 15) is 9.18 Å². The van der Waals surface area contributed by atoms with Gasteiger partial charge in [-0.25, -0.2) is 4.39 Å². The highest BCUT2D eigenvalue weighted by Crippen LogP contribution is 2.25. The molecule has 2 N–H and O–H groups in total. The third-order valence-electron chi connectivity index (χ3n) is 2.87. The number of rotatable bonds is 1. The lowest BCUT2D eigenvalue weighted by molar-refractivity contribution is -0.120. The zero-order valence-electron chi connectivity index (χ0n) is 9.19. The Morgan fingerprint density at radius 2 is 2.29 bits per heavy atom. The molecule has 0 radical (unpaired) electrons. The lowest BCUT2D eigenvalue weighted by Gasteiger charge is -2.31. The van der Waals surface area contributed by atoms with E-state index in [0.29, 0.717) is 18.7 Å². The minimum Gasteiger partial charge on any atom is -0.320 e. The molecule has 1 aromatic carbocycles. The van der Waals surface area contributed by atoms with Gasteiger partial charge < -0.3 is 10.6 Å². The van der Waals surface area contributed by atoms with E-state index in [1.165, 1.54) is 17.0 Å². The van der Waals surface area contributed by atoms with Crippen molar-refractivity contribution < 1.29 is 9.18 Å². The molecule has 0 bridgehead atoms. The second-order valence-corrected chi connectivity index (χ2v) is 3.98. The van der Waals surface area contributed by atoms with Gasteiger partial charge in [0.2, 0.25) is 5.91 Å². The summed E-state index contributed by atoms with van der Waals surface area (Å²) in [5, 5.41) is 8.92. The monoisotopic (exact) mass is 233 g/mol. The first-order valence-electron chi connectivity index (χ1n) is 5.40. The number of benzene rings is 1. The van der Waals surface area contributed by atoms with E-state index in [0.717, 1.165) is 6.42 Å². The van der Waals surface area contributed by atoms with Gasteiger partial charge >= 0.3 is 0 Å². The molecular formula is C12H12FN3O. The van der Waals surface area contributed by atoms with Crippen molar-refractivity contribution in [2.45, 2.75) is 18.9 Å². The van der Waals surface area contributed by atoms with Gasteiger partial charge in [0.25, 0.3) is 0 Å². The molecule has 1 saturated heterocycles. The van der Waals surface area contributed by atoms with Crippen LogP contribution in [0.5, 0.6) is 0 Å². The fraction of sp³-hybridized carbons (Fsp3) is 0.333. The zero-order chi connectivity index (χ0) is 12.4. The maximum Gasteiger partial charge on any atom is 0.243 e. The van der Waals surface area contributed by atoms with E-state index >= 15 is 0 Å². The minimum atomic E-state index is -0.614. The molecular weight excluding hydrogens is 221 g/mol. The van der Waals surface area contributed by atoms with Crippen LogP contribution in [0.1, 0.15) is 18.4 Å². The molecule has 17 heavy (non-hydrogen) atoms. The summed E-state index contributed by atoms with van der Waals surface area (Å²) in [7, 11) is 0. The molecule has 2 rings (SSSR count). The number of halogens is 1. The molecule has 0 spiro atoms. The summed E-state index contributed by atoms with van der Waals surface area (Å²) in [4.78, 5) is 13.3. The van der Waals surface area contributed by atoms with Gasteiger partial charge in [-0.3, -0.25) is 4.79 Å². The van der Waals surface area contributed by atoms with E-state index in [1.54, 1.807) is 12.1 Å². The first-order chi connectivity index (χ1) is 8.15. The van der Waals surface area contributed by atoms with Crippen LogP contribution in [0.3, 0.4) is 0 Å². The minimum absolute atomic E-state index is 0.102. The van der Waals surface area contributed by atoms with E-state index in [-0.39, 0.29) is 11.5 Å². The summed E-state index contributed by atoms with van der Waals surface area (Å²) < 4.78 is 13.4. The molecule has 4 nitrogen and oxygen atoms in total. The van der Waals surface area contributed by atoms with Crippen LogP contribution in [-0.2, 0) is 4.79 Å². The molecule has 88 valence electrons. The summed E-state index contributed by atoms with van der Waals surface area (Å²) in [5.74, 6) is -0.865. The van der Waals surface area contributed by atoms with Crippen LogP contribution in [0.15, 0.2) is 18.2 Å². The number of anilines is 1. The van der Waals surface area contributed by atoms with Gasteiger partial charge in [-0.05, 0) is 25.0 Å². The highest BCUT2D eigenvalue weighted by atomic mass is 19.1. The topological polar surface area (TPSA) is 70.1 Å². The number of nitriles is 1. The Kier molecular flexibility index (Phi) is 3.07. The summed E-state index contributed by atoms with van der Waals surface area (Å²) in [6, 6.07) is 5.49. The Hall–Kier alpha value is -1.93. The summed E-state index contributed by atoms with van der Waals surface area (Å²) in [5.41, 5.74) is 5.88. The summed E-state index contributed by atoms with van der Waals surface area (Å²) in [6.07, 6.45) is 1.39. The predicted molar refractivity (Wildman–Crippen MR) is 60.7 cm³/mol. The van der Waals surface area contributed by atoms with Crippen LogP contribution >= 0.6 is 0 Å². The SMILES string of the molecule is N#Cc1c(F)cccc1N1CCCC(N)C1=O. The maximum absolute atomic E-state index is 13.4.